The normalized spacial score (nSPS) is 17.0. The van der Waals surface area contributed by atoms with Gasteiger partial charge in [0.15, 0.2) is 0 Å². The summed E-state index contributed by atoms with van der Waals surface area (Å²) in [5.74, 6) is -2.76. The molecule has 0 saturated carbocycles. The summed E-state index contributed by atoms with van der Waals surface area (Å²) in [4.78, 5) is 15.7. The molecule has 1 aromatic heterocycles. The largest absolute Gasteiger partial charge is 0.490 e. The molecule has 1 aliphatic rings. The average molecular weight is 385 g/mol. The third-order valence-corrected chi connectivity index (χ3v) is 4.43. The second-order valence-corrected chi connectivity index (χ2v) is 6.30. The van der Waals surface area contributed by atoms with E-state index in [1.807, 2.05) is 19.4 Å². The van der Waals surface area contributed by atoms with Gasteiger partial charge in [-0.2, -0.15) is 13.2 Å². The van der Waals surface area contributed by atoms with Gasteiger partial charge in [-0.3, -0.25) is 4.90 Å². The monoisotopic (exact) mass is 385 g/mol. The number of fused-ring (bicyclic) bond motifs is 1. The summed E-state index contributed by atoms with van der Waals surface area (Å²) in [7, 11) is 2.03. The van der Waals surface area contributed by atoms with Crippen LogP contribution in [0.1, 0.15) is 17.0 Å². The van der Waals surface area contributed by atoms with Crippen LogP contribution in [-0.4, -0.2) is 56.0 Å². The minimum atomic E-state index is -5.08. The molecular weight excluding hydrogens is 363 g/mol. The van der Waals surface area contributed by atoms with E-state index in [0.29, 0.717) is 0 Å². The Labute approximate surface area is 154 Å². The maximum Gasteiger partial charge on any atom is 0.490 e. The smallest absolute Gasteiger partial charge is 0.475 e. The molecular formula is C18H22F3N3O3. The summed E-state index contributed by atoms with van der Waals surface area (Å²) in [6.45, 7) is 2.01. The van der Waals surface area contributed by atoms with Crippen LogP contribution in [0, 0.1) is 0 Å². The molecule has 0 aliphatic carbocycles. The lowest BCUT2D eigenvalue weighted by atomic mass is 10.0. The molecule has 1 atom stereocenters. The quantitative estimate of drug-likeness (QED) is 0.842. The van der Waals surface area contributed by atoms with Gasteiger partial charge in [-0.1, -0.05) is 30.3 Å². The van der Waals surface area contributed by atoms with Gasteiger partial charge in [-0.05, 0) is 12.0 Å². The lowest BCUT2D eigenvalue weighted by Gasteiger charge is -2.34. The third-order valence-electron chi connectivity index (χ3n) is 4.43. The number of carboxylic acids is 1. The standard InChI is InChI=1S/C16H21N3O.C2HF3O2/c1-18-12-17-15-10-19(14(11-20)9-16(15)18)8-7-13-5-3-2-4-6-13;3-2(4,5)1(6)7/h2-6,12,14,20H,7-11H2,1H3;(H,6,7). The van der Waals surface area contributed by atoms with Gasteiger partial charge in [0.05, 0.1) is 18.6 Å². The van der Waals surface area contributed by atoms with Crippen molar-refractivity contribution >= 4 is 5.97 Å². The predicted molar refractivity (Wildman–Crippen MR) is 92.0 cm³/mol. The predicted octanol–water partition coefficient (Wildman–Crippen LogP) is 2.02. The van der Waals surface area contributed by atoms with E-state index in [4.69, 9.17) is 9.90 Å². The van der Waals surface area contributed by atoms with Gasteiger partial charge in [0.25, 0.3) is 0 Å². The van der Waals surface area contributed by atoms with Crippen molar-refractivity contribution < 1.29 is 28.2 Å². The molecule has 27 heavy (non-hydrogen) atoms. The number of rotatable bonds is 4. The second kappa shape index (κ2) is 9.01. The molecule has 0 amide bonds. The minimum Gasteiger partial charge on any atom is -0.475 e. The van der Waals surface area contributed by atoms with Crippen LogP contribution in [0.15, 0.2) is 36.7 Å². The van der Waals surface area contributed by atoms with Crippen molar-refractivity contribution in [1.82, 2.24) is 14.5 Å². The average Bonchev–Trinajstić information content (AvgIpc) is 2.99. The summed E-state index contributed by atoms with van der Waals surface area (Å²) in [5, 5.41) is 16.8. The maximum absolute atomic E-state index is 10.6. The van der Waals surface area contributed by atoms with Crippen molar-refractivity contribution in [2.75, 3.05) is 13.2 Å². The number of carbonyl (C=O) groups is 1. The number of halogens is 3. The Morgan fingerprint density at radius 1 is 1.30 bits per heavy atom. The lowest BCUT2D eigenvalue weighted by Crippen LogP contribution is -2.44. The zero-order valence-electron chi connectivity index (χ0n) is 14.9. The molecule has 2 aromatic rings. The summed E-state index contributed by atoms with van der Waals surface area (Å²) in [6.07, 6.45) is -1.31. The first-order valence-electron chi connectivity index (χ1n) is 8.40. The number of aliphatic hydroxyl groups excluding tert-OH is 1. The number of aryl methyl sites for hydroxylation is 1. The highest BCUT2D eigenvalue weighted by Crippen LogP contribution is 2.22. The minimum absolute atomic E-state index is 0.208. The Hall–Kier alpha value is -2.39. The lowest BCUT2D eigenvalue weighted by molar-refractivity contribution is -0.192. The molecule has 0 spiro atoms. The van der Waals surface area contributed by atoms with Crippen LogP contribution in [0.2, 0.25) is 0 Å². The third kappa shape index (κ3) is 5.80. The highest BCUT2D eigenvalue weighted by Gasteiger charge is 2.38. The van der Waals surface area contributed by atoms with Gasteiger partial charge in [0.2, 0.25) is 0 Å². The van der Waals surface area contributed by atoms with Gasteiger partial charge in [0, 0.05) is 38.3 Å². The zero-order chi connectivity index (χ0) is 20.0. The van der Waals surface area contributed by atoms with Gasteiger partial charge in [-0.25, -0.2) is 9.78 Å². The maximum atomic E-state index is 10.6. The van der Waals surface area contributed by atoms with Crippen LogP contribution in [0.5, 0.6) is 0 Å². The number of benzene rings is 1. The number of aromatic nitrogens is 2. The number of aliphatic carboxylic acids is 1. The summed E-state index contributed by atoms with van der Waals surface area (Å²) in [6, 6.07) is 10.7. The molecule has 6 nitrogen and oxygen atoms in total. The Bertz CT molecular complexity index is 747. The van der Waals surface area contributed by atoms with Crippen LogP contribution in [-0.2, 0) is 31.2 Å². The number of alkyl halides is 3. The highest BCUT2D eigenvalue weighted by atomic mass is 19.4. The molecule has 3 rings (SSSR count). The Morgan fingerprint density at radius 2 is 1.93 bits per heavy atom. The van der Waals surface area contributed by atoms with Crippen LogP contribution >= 0.6 is 0 Å². The molecule has 0 fully saturated rings. The second-order valence-electron chi connectivity index (χ2n) is 6.30. The number of aliphatic hydroxyl groups is 1. The van der Waals surface area contributed by atoms with Crippen LogP contribution < -0.4 is 0 Å². The Kier molecular flexibility index (Phi) is 6.98. The van der Waals surface area contributed by atoms with Crippen LogP contribution in [0.3, 0.4) is 0 Å². The fourth-order valence-corrected chi connectivity index (χ4v) is 2.93. The van der Waals surface area contributed by atoms with Gasteiger partial charge < -0.3 is 14.8 Å². The number of imidazole rings is 1. The van der Waals surface area contributed by atoms with Crippen LogP contribution in [0.4, 0.5) is 13.2 Å². The molecule has 0 radical (unpaired) electrons. The van der Waals surface area contributed by atoms with E-state index < -0.39 is 12.1 Å². The first-order valence-corrected chi connectivity index (χ1v) is 8.40. The van der Waals surface area contributed by atoms with E-state index in [9.17, 15) is 18.3 Å². The molecule has 2 N–H and O–H groups in total. The molecule has 1 unspecified atom stereocenters. The fourth-order valence-electron chi connectivity index (χ4n) is 2.93. The molecule has 148 valence electrons. The molecule has 9 heteroatoms. The van der Waals surface area contributed by atoms with Crippen molar-refractivity contribution in [2.24, 2.45) is 7.05 Å². The molecule has 2 heterocycles. The summed E-state index contributed by atoms with van der Waals surface area (Å²) < 4.78 is 33.8. The Balaban J connectivity index is 0.000000321. The Morgan fingerprint density at radius 3 is 2.48 bits per heavy atom. The number of hydrogen-bond acceptors (Lipinski definition) is 4. The number of hydrogen-bond donors (Lipinski definition) is 2. The van der Waals surface area contributed by atoms with E-state index >= 15 is 0 Å². The summed E-state index contributed by atoms with van der Waals surface area (Å²) >= 11 is 0. The fraction of sp³-hybridized carbons (Fsp3) is 0.444. The van der Waals surface area contributed by atoms with Crippen molar-refractivity contribution in [2.45, 2.75) is 31.6 Å². The van der Waals surface area contributed by atoms with Crippen molar-refractivity contribution in [3.8, 4) is 0 Å². The zero-order valence-corrected chi connectivity index (χ0v) is 14.9. The van der Waals surface area contributed by atoms with E-state index in [1.165, 1.54) is 11.3 Å². The van der Waals surface area contributed by atoms with Gasteiger partial charge >= 0.3 is 12.1 Å². The van der Waals surface area contributed by atoms with Crippen LogP contribution in [0.25, 0.3) is 0 Å². The van der Waals surface area contributed by atoms with E-state index in [-0.39, 0.29) is 12.6 Å². The van der Waals surface area contributed by atoms with Crippen molar-refractivity contribution in [1.29, 1.82) is 0 Å². The van der Waals surface area contributed by atoms with Crippen molar-refractivity contribution in [3.63, 3.8) is 0 Å². The SMILES string of the molecule is Cn1cnc2c1CC(CO)N(CCc1ccccc1)C2.O=C(O)C(F)(F)F. The number of carboxylic acid groups (broad SMARTS) is 1. The topological polar surface area (TPSA) is 78.6 Å². The molecule has 0 bridgehead atoms. The van der Waals surface area contributed by atoms with Gasteiger partial charge in [0.1, 0.15) is 0 Å². The molecule has 1 aromatic carbocycles. The highest BCUT2D eigenvalue weighted by molar-refractivity contribution is 5.73. The van der Waals surface area contributed by atoms with E-state index in [0.717, 1.165) is 31.6 Å². The van der Waals surface area contributed by atoms with Crippen molar-refractivity contribution in [3.05, 3.63) is 53.6 Å². The first kappa shape index (κ1) is 20.9. The molecule has 0 saturated heterocycles. The van der Waals surface area contributed by atoms with Gasteiger partial charge in [-0.15, -0.1) is 0 Å². The number of nitrogens with zero attached hydrogens (tertiary/aromatic N) is 3. The van der Waals surface area contributed by atoms with E-state index in [2.05, 4.69) is 38.7 Å². The first-order chi connectivity index (χ1) is 12.7. The molecule has 1 aliphatic heterocycles. The van der Waals surface area contributed by atoms with E-state index in [1.54, 1.807) is 0 Å². The summed E-state index contributed by atoms with van der Waals surface area (Å²) in [5.41, 5.74) is 3.77.